The summed E-state index contributed by atoms with van der Waals surface area (Å²) in [5.74, 6) is -0.256. The summed E-state index contributed by atoms with van der Waals surface area (Å²) in [5.41, 5.74) is 1.94. The third-order valence-electron chi connectivity index (χ3n) is 4.78. The highest BCUT2D eigenvalue weighted by atomic mass is 16.2. The van der Waals surface area contributed by atoms with Crippen LogP contribution in [-0.2, 0) is 9.59 Å². The van der Waals surface area contributed by atoms with Crippen LogP contribution < -0.4 is 10.2 Å². The zero-order valence-corrected chi connectivity index (χ0v) is 15.2. The van der Waals surface area contributed by atoms with Gasteiger partial charge in [-0.15, -0.1) is 0 Å². The van der Waals surface area contributed by atoms with Crippen molar-refractivity contribution in [3.8, 4) is 0 Å². The van der Waals surface area contributed by atoms with E-state index in [-0.39, 0.29) is 23.7 Å². The van der Waals surface area contributed by atoms with Crippen LogP contribution in [0.15, 0.2) is 24.3 Å². The van der Waals surface area contributed by atoms with E-state index in [9.17, 15) is 9.59 Å². The Bertz CT molecular complexity index is 562. The lowest BCUT2D eigenvalue weighted by atomic mass is 10.2. The van der Waals surface area contributed by atoms with Crippen LogP contribution in [0.2, 0.25) is 0 Å². The molecule has 1 saturated carbocycles. The summed E-state index contributed by atoms with van der Waals surface area (Å²) in [4.78, 5) is 28.6. The molecule has 5 nitrogen and oxygen atoms in total. The highest BCUT2D eigenvalue weighted by Crippen LogP contribution is 2.40. The molecule has 2 atom stereocenters. The molecule has 1 aliphatic carbocycles. The molecular weight excluding hydrogens is 302 g/mol. The van der Waals surface area contributed by atoms with Crippen LogP contribution in [0.4, 0.5) is 11.4 Å². The van der Waals surface area contributed by atoms with Crippen molar-refractivity contribution in [2.75, 3.05) is 36.4 Å². The molecule has 132 valence electrons. The van der Waals surface area contributed by atoms with Crippen LogP contribution in [0, 0.1) is 11.8 Å². The summed E-state index contributed by atoms with van der Waals surface area (Å²) in [6, 6.07) is 7.90. The maximum Gasteiger partial charge on any atom is 0.228 e. The van der Waals surface area contributed by atoms with Crippen molar-refractivity contribution in [3.63, 3.8) is 0 Å². The van der Waals surface area contributed by atoms with E-state index in [0.717, 1.165) is 24.5 Å². The number of nitrogens with one attached hydrogen (secondary N) is 1. The topological polar surface area (TPSA) is 52.7 Å². The Morgan fingerprint density at radius 3 is 2.04 bits per heavy atom. The van der Waals surface area contributed by atoms with E-state index in [0.29, 0.717) is 19.5 Å². The van der Waals surface area contributed by atoms with Gasteiger partial charge in [0.2, 0.25) is 11.8 Å². The molecular formula is C19H29N3O2. The fraction of sp³-hybridized carbons (Fsp3) is 0.579. The molecule has 1 aromatic rings. The SMILES string of the molecule is CCN(CC)C(=O)C1CC1C(=O)Nc1ccc(N(CC)CC)cc1. The molecule has 0 spiro atoms. The summed E-state index contributed by atoms with van der Waals surface area (Å²) in [6.07, 6.45) is 0.665. The average molecular weight is 331 g/mol. The van der Waals surface area contributed by atoms with E-state index >= 15 is 0 Å². The molecule has 1 aromatic carbocycles. The predicted molar refractivity (Wildman–Crippen MR) is 98.2 cm³/mol. The molecule has 0 aliphatic heterocycles. The summed E-state index contributed by atoms with van der Waals surface area (Å²) >= 11 is 0. The molecule has 0 radical (unpaired) electrons. The van der Waals surface area contributed by atoms with E-state index in [4.69, 9.17) is 0 Å². The highest BCUT2D eigenvalue weighted by molar-refractivity contribution is 5.99. The second-order valence-corrected chi connectivity index (χ2v) is 6.17. The number of amides is 2. The summed E-state index contributed by atoms with van der Waals surface area (Å²) in [6.45, 7) is 11.5. The summed E-state index contributed by atoms with van der Waals surface area (Å²) in [5, 5.41) is 2.94. The predicted octanol–water partition coefficient (Wildman–Crippen LogP) is 2.98. The Labute approximate surface area is 145 Å². The van der Waals surface area contributed by atoms with Crippen LogP contribution in [0.1, 0.15) is 34.1 Å². The quantitative estimate of drug-likeness (QED) is 0.797. The molecule has 2 unspecified atom stereocenters. The normalized spacial score (nSPS) is 18.8. The molecule has 2 amide bonds. The molecule has 1 aliphatic rings. The molecule has 1 fully saturated rings. The molecule has 0 aromatic heterocycles. The average Bonchev–Trinajstić information content (AvgIpc) is 3.39. The maximum absolute atomic E-state index is 12.3. The van der Waals surface area contributed by atoms with Crippen LogP contribution in [0.25, 0.3) is 0 Å². The third-order valence-corrected chi connectivity index (χ3v) is 4.78. The Morgan fingerprint density at radius 2 is 1.54 bits per heavy atom. The minimum Gasteiger partial charge on any atom is -0.372 e. The van der Waals surface area contributed by atoms with Gasteiger partial charge in [0.15, 0.2) is 0 Å². The van der Waals surface area contributed by atoms with E-state index in [1.165, 1.54) is 0 Å². The molecule has 0 bridgehead atoms. The van der Waals surface area contributed by atoms with Crippen molar-refractivity contribution in [3.05, 3.63) is 24.3 Å². The van der Waals surface area contributed by atoms with Crippen molar-refractivity contribution < 1.29 is 9.59 Å². The van der Waals surface area contributed by atoms with Gasteiger partial charge in [-0.05, 0) is 58.4 Å². The second-order valence-electron chi connectivity index (χ2n) is 6.17. The molecule has 1 N–H and O–H groups in total. The number of carbonyl (C=O) groups is 2. The van der Waals surface area contributed by atoms with E-state index in [2.05, 4.69) is 24.1 Å². The van der Waals surface area contributed by atoms with Gasteiger partial charge in [0.25, 0.3) is 0 Å². The van der Waals surface area contributed by atoms with Gasteiger partial charge in [-0.25, -0.2) is 0 Å². The van der Waals surface area contributed by atoms with Crippen LogP contribution >= 0.6 is 0 Å². The minimum atomic E-state index is -0.180. The molecule has 0 saturated heterocycles. The van der Waals surface area contributed by atoms with Gasteiger partial charge in [-0.1, -0.05) is 0 Å². The van der Waals surface area contributed by atoms with Gasteiger partial charge >= 0.3 is 0 Å². The zero-order chi connectivity index (χ0) is 17.7. The smallest absolute Gasteiger partial charge is 0.228 e. The Morgan fingerprint density at radius 1 is 0.958 bits per heavy atom. The van der Waals surface area contributed by atoms with Gasteiger partial charge in [0, 0.05) is 37.6 Å². The van der Waals surface area contributed by atoms with Crippen LogP contribution in [0.5, 0.6) is 0 Å². The Kier molecular flexibility index (Phi) is 6.23. The first kappa shape index (κ1) is 18.3. The van der Waals surface area contributed by atoms with Crippen molar-refractivity contribution in [1.82, 2.24) is 4.90 Å². The molecule has 0 heterocycles. The van der Waals surface area contributed by atoms with E-state index in [1.54, 1.807) is 4.90 Å². The maximum atomic E-state index is 12.3. The monoisotopic (exact) mass is 331 g/mol. The van der Waals surface area contributed by atoms with Gasteiger partial charge in [0.1, 0.15) is 0 Å². The largest absolute Gasteiger partial charge is 0.372 e. The molecule has 5 heteroatoms. The standard InChI is InChI=1S/C19H29N3O2/c1-5-21(6-2)15-11-9-14(10-12-15)20-18(23)16-13-17(16)19(24)22(7-3)8-4/h9-12,16-17H,5-8,13H2,1-4H3,(H,20,23). The number of nitrogens with zero attached hydrogens (tertiary/aromatic N) is 2. The highest BCUT2D eigenvalue weighted by Gasteiger charge is 2.49. The number of rotatable bonds is 8. The van der Waals surface area contributed by atoms with Crippen LogP contribution in [0.3, 0.4) is 0 Å². The zero-order valence-electron chi connectivity index (χ0n) is 15.2. The number of benzene rings is 1. The minimum absolute atomic E-state index is 0.0453. The lowest BCUT2D eigenvalue weighted by Gasteiger charge is -2.21. The second kappa shape index (κ2) is 8.18. The van der Waals surface area contributed by atoms with E-state index in [1.807, 2.05) is 38.1 Å². The Balaban J connectivity index is 1.91. The van der Waals surface area contributed by atoms with E-state index < -0.39 is 0 Å². The fourth-order valence-corrected chi connectivity index (χ4v) is 3.11. The fourth-order valence-electron chi connectivity index (χ4n) is 3.11. The van der Waals surface area contributed by atoms with Gasteiger partial charge in [0.05, 0.1) is 11.8 Å². The summed E-state index contributed by atoms with van der Waals surface area (Å²) < 4.78 is 0. The van der Waals surface area contributed by atoms with Gasteiger partial charge < -0.3 is 15.1 Å². The first-order valence-corrected chi connectivity index (χ1v) is 9.00. The lowest BCUT2D eigenvalue weighted by Crippen LogP contribution is -2.33. The first-order valence-electron chi connectivity index (χ1n) is 9.00. The third kappa shape index (κ3) is 4.08. The Hall–Kier alpha value is -2.04. The number of hydrogen-bond acceptors (Lipinski definition) is 3. The van der Waals surface area contributed by atoms with Gasteiger partial charge in [-0.2, -0.15) is 0 Å². The number of carbonyl (C=O) groups excluding carboxylic acids is 2. The summed E-state index contributed by atoms with van der Waals surface area (Å²) in [7, 11) is 0. The number of hydrogen-bond donors (Lipinski definition) is 1. The van der Waals surface area contributed by atoms with Gasteiger partial charge in [-0.3, -0.25) is 9.59 Å². The first-order chi connectivity index (χ1) is 11.5. The van der Waals surface area contributed by atoms with Crippen molar-refractivity contribution in [2.24, 2.45) is 11.8 Å². The van der Waals surface area contributed by atoms with Crippen molar-refractivity contribution >= 4 is 23.2 Å². The van der Waals surface area contributed by atoms with Crippen molar-refractivity contribution in [2.45, 2.75) is 34.1 Å². The lowest BCUT2D eigenvalue weighted by molar-refractivity contribution is -0.133. The molecule has 2 rings (SSSR count). The number of anilines is 2. The van der Waals surface area contributed by atoms with Crippen molar-refractivity contribution in [1.29, 1.82) is 0 Å². The van der Waals surface area contributed by atoms with Crippen LogP contribution in [-0.4, -0.2) is 42.9 Å². The molecule has 24 heavy (non-hydrogen) atoms.